The van der Waals surface area contributed by atoms with Crippen molar-refractivity contribution in [2.75, 3.05) is 6.61 Å². The zero-order chi connectivity index (χ0) is 18.7. The van der Waals surface area contributed by atoms with E-state index in [2.05, 4.69) is 4.99 Å². The fourth-order valence-corrected chi connectivity index (χ4v) is 4.76. The van der Waals surface area contributed by atoms with Gasteiger partial charge in [-0.25, -0.2) is 0 Å². The van der Waals surface area contributed by atoms with Gasteiger partial charge in [-0.1, -0.05) is 34.5 Å². The molecule has 0 atom stereocenters. The van der Waals surface area contributed by atoms with E-state index < -0.39 is 0 Å². The molecule has 0 aliphatic carbocycles. The van der Waals surface area contributed by atoms with Crippen molar-refractivity contribution in [2.24, 2.45) is 4.99 Å². The van der Waals surface area contributed by atoms with Crippen LogP contribution in [0.5, 0.6) is 0 Å². The molecule has 9 heteroatoms. The first kappa shape index (κ1) is 19.1. The van der Waals surface area contributed by atoms with E-state index in [1.807, 2.05) is 0 Å². The van der Waals surface area contributed by atoms with Crippen molar-refractivity contribution in [3.8, 4) is 0 Å². The van der Waals surface area contributed by atoms with Crippen molar-refractivity contribution in [3.05, 3.63) is 49.4 Å². The quantitative estimate of drug-likeness (QED) is 0.568. The third-order valence-corrected chi connectivity index (χ3v) is 5.92. The lowest BCUT2D eigenvalue weighted by atomic mass is 10.3. The van der Waals surface area contributed by atoms with E-state index in [-0.39, 0.29) is 31.4 Å². The molecule has 3 aromatic rings. The Kier molecular flexibility index (Phi) is 6.13. The number of aromatic nitrogens is 1. The number of benzene rings is 1. The molecule has 3 rings (SSSR count). The molecular weight excluding hydrogens is 415 g/mol. The number of ether oxygens (including phenoxy) is 1. The van der Waals surface area contributed by atoms with Crippen LogP contribution >= 0.6 is 45.9 Å². The maximum atomic E-state index is 12.3. The van der Waals surface area contributed by atoms with E-state index in [0.29, 0.717) is 14.2 Å². The highest BCUT2D eigenvalue weighted by atomic mass is 35.5. The van der Waals surface area contributed by atoms with Crippen molar-refractivity contribution in [2.45, 2.75) is 19.9 Å². The summed E-state index contributed by atoms with van der Waals surface area (Å²) in [6.45, 7) is 2.01. The number of hydrogen-bond donors (Lipinski definition) is 0. The van der Waals surface area contributed by atoms with E-state index in [9.17, 15) is 9.59 Å². The number of carbonyl (C=O) groups is 2. The second-order valence-electron chi connectivity index (χ2n) is 5.28. The van der Waals surface area contributed by atoms with Gasteiger partial charge in [-0.3, -0.25) is 9.59 Å². The monoisotopic (exact) mass is 428 g/mol. The van der Waals surface area contributed by atoms with Gasteiger partial charge in [0.15, 0.2) is 4.80 Å². The largest absolute Gasteiger partial charge is 0.465 e. The molecule has 1 aromatic carbocycles. The van der Waals surface area contributed by atoms with E-state index in [0.717, 1.165) is 15.1 Å². The molecule has 2 aromatic heterocycles. The number of nitrogens with zero attached hydrogens (tertiary/aromatic N) is 2. The molecule has 0 unspecified atom stereocenters. The summed E-state index contributed by atoms with van der Waals surface area (Å²) >= 11 is 14.6. The fraction of sp³-hybridized carbons (Fsp3) is 0.235. The van der Waals surface area contributed by atoms with Gasteiger partial charge in [-0.15, -0.1) is 11.3 Å². The molecule has 0 spiro atoms. The zero-order valence-corrected chi connectivity index (χ0v) is 16.8. The predicted molar refractivity (Wildman–Crippen MR) is 105 cm³/mol. The maximum absolute atomic E-state index is 12.3. The van der Waals surface area contributed by atoms with Crippen molar-refractivity contribution in [3.63, 3.8) is 0 Å². The van der Waals surface area contributed by atoms with Crippen LogP contribution in [0.2, 0.25) is 9.36 Å². The summed E-state index contributed by atoms with van der Waals surface area (Å²) in [5.74, 6) is -0.695. The Morgan fingerprint density at radius 2 is 2.00 bits per heavy atom. The summed E-state index contributed by atoms with van der Waals surface area (Å²) in [5.41, 5.74) is 0.776. The Hall–Kier alpha value is -1.67. The second kappa shape index (κ2) is 8.35. The molecule has 0 bridgehead atoms. The molecular formula is C17H14Cl2N2O3S2. The Labute approximate surface area is 167 Å². The summed E-state index contributed by atoms with van der Waals surface area (Å²) in [7, 11) is 0. The molecule has 26 heavy (non-hydrogen) atoms. The Morgan fingerprint density at radius 3 is 2.69 bits per heavy atom. The molecule has 0 saturated carbocycles. The highest BCUT2D eigenvalue weighted by molar-refractivity contribution is 7.16. The second-order valence-corrected chi connectivity index (χ2v) is 8.52. The third kappa shape index (κ3) is 4.54. The highest BCUT2D eigenvalue weighted by Crippen LogP contribution is 2.23. The minimum atomic E-state index is -0.388. The average Bonchev–Trinajstić information content (AvgIpc) is 3.11. The van der Waals surface area contributed by atoms with Crippen LogP contribution < -0.4 is 4.80 Å². The van der Waals surface area contributed by atoms with Crippen LogP contribution in [0.25, 0.3) is 10.2 Å². The third-order valence-electron chi connectivity index (χ3n) is 3.41. The molecule has 5 nitrogen and oxygen atoms in total. The minimum Gasteiger partial charge on any atom is -0.465 e. The van der Waals surface area contributed by atoms with Gasteiger partial charge in [0.2, 0.25) is 0 Å². The number of amides is 1. The highest BCUT2D eigenvalue weighted by Gasteiger charge is 2.13. The number of rotatable bonds is 5. The van der Waals surface area contributed by atoms with E-state index >= 15 is 0 Å². The average molecular weight is 429 g/mol. The lowest BCUT2D eigenvalue weighted by Gasteiger charge is -2.05. The van der Waals surface area contributed by atoms with Crippen LogP contribution in [-0.2, 0) is 27.3 Å². The molecule has 1 amide bonds. The number of fused-ring (bicyclic) bond motifs is 1. The predicted octanol–water partition coefficient (Wildman–Crippen LogP) is 4.30. The van der Waals surface area contributed by atoms with E-state index in [1.165, 1.54) is 22.7 Å². The topological polar surface area (TPSA) is 60.7 Å². The Morgan fingerprint density at radius 1 is 1.19 bits per heavy atom. The van der Waals surface area contributed by atoms with Gasteiger partial charge in [-0.2, -0.15) is 4.99 Å². The molecule has 0 radical (unpaired) electrons. The van der Waals surface area contributed by atoms with E-state index in [4.69, 9.17) is 27.9 Å². The van der Waals surface area contributed by atoms with Gasteiger partial charge in [0.05, 0.1) is 27.6 Å². The van der Waals surface area contributed by atoms with Gasteiger partial charge in [0, 0.05) is 9.90 Å². The number of halogens is 2. The summed E-state index contributed by atoms with van der Waals surface area (Å²) < 4.78 is 8.17. The molecule has 0 aliphatic rings. The van der Waals surface area contributed by atoms with Crippen molar-refractivity contribution in [1.82, 2.24) is 4.57 Å². The summed E-state index contributed by atoms with van der Waals surface area (Å²) in [5, 5.41) is 0.577. The first-order valence-corrected chi connectivity index (χ1v) is 10.1. The zero-order valence-electron chi connectivity index (χ0n) is 13.7. The molecule has 2 heterocycles. The normalized spacial score (nSPS) is 11.9. The number of thiophene rings is 1. The number of hydrogen-bond acceptors (Lipinski definition) is 5. The lowest BCUT2D eigenvalue weighted by molar-refractivity contribution is -0.143. The van der Waals surface area contributed by atoms with Crippen molar-refractivity contribution < 1.29 is 14.3 Å². The van der Waals surface area contributed by atoms with Crippen molar-refractivity contribution in [1.29, 1.82) is 0 Å². The van der Waals surface area contributed by atoms with Crippen LogP contribution in [0, 0.1) is 0 Å². The molecule has 0 saturated heterocycles. The Bertz CT molecular complexity index is 1040. The molecule has 0 aliphatic heterocycles. The molecule has 0 N–H and O–H groups in total. The smallest absolute Gasteiger partial charge is 0.326 e. The Balaban J connectivity index is 1.99. The first-order valence-electron chi connectivity index (χ1n) is 7.72. The van der Waals surface area contributed by atoms with Gasteiger partial charge >= 0.3 is 5.97 Å². The lowest BCUT2D eigenvalue weighted by Crippen LogP contribution is -2.23. The van der Waals surface area contributed by atoms with Gasteiger partial charge < -0.3 is 9.30 Å². The summed E-state index contributed by atoms with van der Waals surface area (Å²) in [6, 6.07) is 8.87. The minimum absolute atomic E-state index is 0.0214. The van der Waals surface area contributed by atoms with Crippen LogP contribution in [0.15, 0.2) is 35.3 Å². The standard InChI is InChI=1S/C17H14Cl2N2O3S2/c1-2-24-16(23)9-21-12-5-3-10(18)7-13(12)26-17(21)20-15(22)8-11-4-6-14(19)25-11/h3-7H,2,8-9H2,1H3. The fourth-order valence-electron chi connectivity index (χ4n) is 2.36. The number of carbonyl (C=O) groups excluding carboxylic acids is 2. The SMILES string of the molecule is CCOC(=O)Cn1c(=NC(=O)Cc2ccc(Cl)s2)sc2cc(Cl)ccc21. The maximum Gasteiger partial charge on any atom is 0.326 e. The molecule has 0 fully saturated rings. The van der Waals surface area contributed by atoms with Crippen LogP contribution in [0.4, 0.5) is 0 Å². The number of thiazole rings is 1. The van der Waals surface area contributed by atoms with Crippen LogP contribution in [0.1, 0.15) is 11.8 Å². The van der Waals surface area contributed by atoms with E-state index in [1.54, 1.807) is 41.8 Å². The van der Waals surface area contributed by atoms with Crippen LogP contribution in [0.3, 0.4) is 0 Å². The number of esters is 1. The summed E-state index contributed by atoms with van der Waals surface area (Å²) in [6.07, 6.45) is 0.159. The molecule has 136 valence electrons. The van der Waals surface area contributed by atoms with Gasteiger partial charge in [0.25, 0.3) is 5.91 Å². The van der Waals surface area contributed by atoms with Gasteiger partial charge in [-0.05, 0) is 37.3 Å². The van der Waals surface area contributed by atoms with Crippen LogP contribution in [-0.4, -0.2) is 23.1 Å². The van der Waals surface area contributed by atoms with Crippen molar-refractivity contribution >= 4 is 68.0 Å². The van der Waals surface area contributed by atoms with Gasteiger partial charge in [0.1, 0.15) is 6.54 Å². The first-order chi connectivity index (χ1) is 12.5. The summed E-state index contributed by atoms with van der Waals surface area (Å²) in [4.78, 5) is 29.8.